The lowest BCUT2D eigenvalue weighted by Gasteiger charge is -2.25. The molecule has 1 atom stereocenters. The van der Waals surface area contributed by atoms with Crippen LogP contribution >= 0.6 is 0 Å². The molecular formula is C15H17N. The molecule has 1 fully saturated rings. The summed E-state index contributed by atoms with van der Waals surface area (Å²) >= 11 is 0. The quantitative estimate of drug-likeness (QED) is 0.809. The van der Waals surface area contributed by atoms with E-state index in [0.717, 1.165) is 0 Å². The van der Waals surface area contributed by atoms with Crippen molar-refractivity contribution in [3.8, 4) is 0 Å². The Labute approximate surface area is 96.3 Å². The third kappa shape index (κ3) is 1.52. The van der Waals surface area contributed by atoms with Crippen LogP contribution in [0.25, 0.3) is 10.8 Å². The van der Waals surface area contributed by atoms with E-state index in [1.54, 1.807) is 0 Å². The zero-order chi connectivity index (χ0) is 11.2. The standard InChI is InChI=1S/C15H17N/c1-15(16,13-8-9-13)14-7-6-11-4-2-3-5-12(11)10-14/h2-7,10,13H,8-9,16H2,1H3. The molecule has 0 aromatic heterocycles. The zero-order valence-electron chi connectivity index (χ0n) is 9.61. The first-order chi connectivity index (χ1) is 7.68. The van der Waals surface area contributed by atoms with Crippen LogP contribution in [0.15, 0.2) is 42.5 Å². The van der Waals surface area contributed by atoms with Gasteiger partial charge in [0.1, 0.15) is 0 Å². The molecule has 0 saturated heterocycles. The van der Waals surface area contributed by atoms with E-state index >= 15 is 0 Å². The van der Waals surface area contributed by atoms with E-state index in [9.17, 15) is 0 Å². The van der Waals surface area contributed by atoms with Gasteiger partial charge < -0.3 is 5.73 Å². The van der Waals surface area contributed by atoms with Crippen molar-refractivity contribution in [2.24, 2.45) is 11.7 Å². The van der Waals surface area contributed by atoms with Gasteiger partial charge in [0.2, 0.25) is 0 Å². The Balaban J connectivity index is 2.11. The molecule has 1 saturated carbocycles. The third-order valence-corrected chi connectivity index (χ3v) is 3.80. The minimum Gasteiger partial charge on any atom is -0.321 e. The summed E-state index contributed by atoms with van der Waals surface area (Å²) in [5.74, 6) is 0.675. The predicted octanol–water partition coefficient (Wildman–Crippen LogP) is 3.42. The Morgan fingerprint density at radius 1 is 1.06 bits per heavy atom. The van der Waals surface area contributed by atoms with Gasteiger partial charge in [-0.2, -0.15) is 0 Å². The molecule has 0 heterocycles. The maximum atomic E-state index is 6.43. The average molecular weight is 211 g/mol. The number of rotatable bonds is 2. The highest BCUT2D eigenvalue weighted by atomic mass is 14.8. The van der Waals surface area contributed by atoms with Crippen molar-refractivity contribution in [3.63, 3.8) is 0 Å². The van der Waals surface area contributed by atoms with Crippen LogP contribution in [0.3, 0.4) is 0 Å². The summed E-state index contributed by atoms with van der Waals surface area (Å²) in [6.07, 6.45) is 2.56. The Bertz CT molecular complexity index is 524. The molecule has 1 nitrogen and oxygen atoms in total. The predicted molar refractivity (Wildman–Crippen MR) is 68.2 cm³/mol. The molecule has 2 N–H and O–H groups in total. The highest BCUT2D eigenvalue weighted by Crippen LogP contribution is 2.44. The highest BCUT2D eigenvalue weighted by molar-refractivity contribution is 5.83. The number of hydrogen-bond acceptors (Lipinski definition) is 1. The fourth-order valence-corrected chi connectivity index (χ4v) is 2.44. The second-order valence-electron chi connectivity index (χ2n) is 5.12. The molecule has 0 radical (unpaired) electrons. The van der Waals surface area contributed by atoms with E-state index in [-0.39, 0.29) is 5.54 Å². The summed E-state index contributed by atoms with van der Waals surface area (Å²) < 4.78 is 0. The van der Waals surface area contributed by atoms with Gasteiger partial charge in [0.05, 0.1) is 0 Å². The molecule has 82 valence electrons. The fraction of sp³-hybridized carbons (Fsp3) is 0.333. The Hall–Kier alpha value is -1.34. The second-order valence-corrected chi connectivity index (χ2v) is 5.12. The van der Waals surface area contributed by atoms with Gasteiger partial charge >= 0.3 is 0 Å². The van der Waals surface area contributed by atoms with Crippen LogP contribution in [0, 0.1) is 5.92 Å². The molecule has 2 aromatic rings. The van der Waals surface area contributed by atoms with E-state index in [4.69, 9.17) is 5.73 Å². The first kappa shape index (κ1) is 9.86. The minimum atomic E-state index is -0.149. The largest absolute Gasteiger partial charge is 0.321 e. The summed E-state index contributed by atoms with van der Waals surface area (Å²) in [7, 11) is 0. The Morgan fingerprint density at radius 3 is 2.44 bits per heavy atom. The van der Waals surface area contributed by atoms with Crippen molar-refractivity contribution in [2.75, 3.05) is 0 Å². The number of fused-ring (bicyclic) bond motifs is 1. The first-order valence-electron chi connectivity index (χ1n) is 5.96. The van der Waals surface area contributed by atoms with Gasteiger partial charge in [0.15, 0.2) is 0 Å². The molecule has 1 aliphatic carbocycles. The molecular weight excluding hydrogens is 194 g/mol. The lowest BCUT2D eigenvalue weighted by Crippen LogP contribution is -2.35. The van der Waals surface area contributed by atoms with Gasteiger partial charge in [-0.05, 0) is 48.1 Å². The zero-order valence-corrected chi connectivity index (χ0v) is 9.61. The number of nitrogens with two attached hydrogens (primary N) is 1. The molecule has 1 unspecified atom stereocenters. The van der Waals surface area contributed by atoms with Crippen molar-refractivity contribution in [2.45, 2.75) is 25.3 Å². The molecule has 0 bridgehead atoms. The van der Waals surface area contributed by atoms with E-state index in [2.05, 4.69) is 49.4 Å². The molecule has 0 spiro atoms. The summed E-state index contributed by atoms with van der Waals surface area (Å²) in [6, 6.07) is 15.1. The van der Waals surface area contributed by atoms with Crippen LogP contribution in [0.4, 0.5) is 0 Å². The van der Waals surface area contributed by atoms with E-state index in [0.29, 0.717) is 5.92 Å². The highest BCUT2D eigenvalue weighted by Gasteiger charge is 2.39. The maximum absolute atomic E-state index is 6.43. The van der Waals surface area contributed by atoms with Gasteiger partial charge in [-0.3, -0.25) is 0 Å². The van der Waals surface area contributed by atoms with Crippen molar-refractivity contribution in [1.82, 2.24) is 0 Å². The molecule has 1 heteroatoms. The van der Waals surface area contributed by atoms with Crippen LogP contribution in [0.5, 0.6) is 0 Å². The van der Waals surface area contributed by atoms with Gasteiger partial charge in [0.25, 0.3) is 0 Å². The van der Waals surface area contributed by atoms with E-state index < -0.39 is 0 Å². The monoisotopic (exact) mass is 211 g/mol. The van der Waals surface area contributed by atoms with Crippen LogP contribution in [0.2, 0.25) is 0 Å². The van der Waals surface area contributed by atoms with Crippen molar-refractivity contribution < 1.29 is 0 Å². The lowest BCUT2D eigenvalue weighted by atomic mass is 9.87. The first-order valence-corrected chi connectivity index (χ1v) is 5.96. The van der Waals surface area contributed by atoms with Crippen LogP contribution in [0.1, 0.15) is 25.3 Å². The minimum absolute atomic E-state index is 0.149. The topological polar surface area (TPSA) is 26.0 Å². The molecule has 3 rings (SSSR count). The van der Waals surface area contributed by atoms with Gasteiger partial charge in [-0.15, -0.1) is 0 Å². The maximum Gasteiger partial charge on any atom is 0.0409 e. The normalized spacial score (nSPS) is 19.6. The van der Waals surface area contributed by atoms with E-state index in [1.807, 2.05) is 0 Å². The van der Waals surface area contributed by atoms with Crippen molar-refractivity contribution in [3.05, 3.63) is 48.0 Å². The summed E-state index contributed by atoms with van der Waals surface area (Å²) in [4.78, 5) is 0. The van der Waals surface area contributed by atoms with Crippen molar-refractivity contribution >= 4 is 10.8 Å². The number of hydrogen-bond donors (Lipinski definition) is 1. The molecule has 0 aliphatic heterocycles. The van der Waals surface area contributed by atoms with Crippen molar-refractivity contribution in [1.29, 1.82) is 0 Å². The smallest absolute Gasteiger partial charge is 0.0409 e. The summed E-state index contributed by atoms with van der Waals surface area (Å²) in [5, 5.41) is 2.58. The Morgan fingerprint density at radius 2 is 1.75 bits per heavy atom. The van der Waals surface area contributed by atoms with Gasteiger partial charge in [-0.25, -0.2) is 0 Å². The summed E-state index contributed by atoms with van der Waals surface area (Å²) in [5.41, 5.74) is 7.56. The van der Waals surface area contributed by atoms with Gasteiger partial charge in [0, 0.05) is 5.54 Å². The van der Waals surface area contributed by atoms with E-state index in [1.165, 1.54) is 29.2 Å². The second kappa shape index (κ2) is 3.33. The SMILES string of the molecule is CC(N)(c1ccc2ccccc2c1)C1CC1. The van der Waals surface area contributed by atoms with Gasteiger partial charge in [-0.1, -0.05) is 36.4 Å². The lowest BCUT2D eigenvalue weighted by molar-refractivity contribution is 0.427. The fourth-order valence-electron chi connectivity index (χ4n) is 2.44. The summed E-state index contributed by atoms with van der Waals surface area (Å²) in [6.45, 7) is 2.16. The Kier molecular flexibility index (Phi) is 2.05. The van der Waals surface area contributed by atoms with Crippen LogP contribution < -0.4 is 5.73 Å². The number of benzene rings is 2. The van der Waals surface area contributed by atoms with Crippen LogP contribution in [-0.4, -0.2) is 0 Å². The third-order valence-electron chi connectivity index (χ3n) is 3.80. The molecule has 2 aromatic carbocycles. The molecule has 0 amide bonds. The average Bonchev–Trinajstić information content (AvgIpc) is 3.12. The molecule has 1 aliphatic rings. The van der Waals surface area contributed by atoms with Crippen LogP contribution in [-0.2, 0) is 5.54 Å². The molecule has 16 heavy (non-hydrogen) atoms.